The smallest absolute Gasteiger partial charge is 0.251 e. The first-order valence-corrected chi connectivity index (χ1v) is 6.78. The van der Waals surface area contributed by atoms with Gasteiger partial charge >= 0.3 is 0 Å². The van der Waals surface area contributed by atoms with Gasteiger partial charge in [-0.2, -0.15) is 0 Å². The number of likely N-dealkylation sites (N-methyl/N-ethyl adjacent to an activating group) is 1. The van der Waals surface area contributed by atoms with E-state index < -0.39 is 0 Å². The molecule has 2 saturated heterocycles. The summed E-state index contributed by atoms with van der Waals surface area (Å²) < 4.78 is 5.83. The van der Waals surface area contributed by atoms with Gasteiger partial charge < -0.3 is 15.0 Å². The Morgan fingerprint density at radius 1 is 1.48 bits per heavy atom. The van der Waals surface area contributed by atoms with Crippen LogP contribution in [0.1, 0.15) is 18.5 Å². The van der Waals surface area contributed by atoms with Crippen LogP contribution < -0.4 is 5.32 Å². The number of hydrogen-bond donors (Lipinski definition) is 1. The van der Waals surface area contributed by atoms with E-state index in [4.69, 9.17) is 4.74 Å². The van der Waals surface area contributed by atoms with E-state index in [0.29, 0.717) is 12.6 Å². The predicted octanol–water partition coefficient (Wildman–Crippen LogP) is 1.40. The number of amides is 1. The zero-order chi connectivity index (χ0) is 13.2. The van der Waals surface area contributed by atoms with Crippen LogP contribution in [0.25, 0.3) is 0 Å². The van der Waals surface area contributed by atoms with Crippen LogP contribution in [0.3, 0.4) is 0 Å². The average molecular weight is 334 g/mol. The fourth-order valence-electron chi connectivity index (χ4n) is 2.86. The van der Waals surface area contributed by atoms with Crippen molar-refractivity contribution in [2.75, 3.05) is 13.6 Å². The Bertz CT molecular complexity index is 449. The Kier molecular flexibility index (Phi) is 6.87. The van der Waals surface area contributed by atoms with Crippen molar-refractivity contribution in [2.45, 2.75) is 37.6 Å². The molecule has 3 rings (SSSR count). The monoisotopic (exact) mass is 333 g/mol. The van der Waals surface area contributed by atoms with E-state index in [1.54, 1.807) is 11.1 Å². The molecule has 1 aromatic rings. The summed E-state index contributed by atoms with van der Waals surface area (Å²) in [4.78, 5) is 18.3. The molecule has 0 aromatic carbocycles. The molecule has 1 aromatic heterocycles. The van der Waals surface area contributed by atoms with E-state index in [0.717, 1.165) is 25.1 Å². The van der Waals surface area contributed by atoms with Crippen molar-refractivity contribution < 1.29 is 9.53 Å². The van der Waals surface area contributed by atoms with Crippen LogP contribution in [0.4, 0.5) is 0 Å². The molecule has 0 saturated carbocycles. The van der Waals surface area contributed by atoms with Crippen molar-refractivity contribution in [3.63, 3.8) is 0 Å². The molecule has 3 heterocycles. The topological polar surface area (TPSA) is 54.5 Å². The molecule has 1 amide bonds. The molecule has 118 valence electrons. The summed E-state index contributed by atoms with van der Waals surface area (Å²) in [5.41, 5.74) is 0.898. The Labute approximate surface area is 137 Å². The molecule has 5 nitrogen and oxygen atoms in total. The number of nitrogens with one attached hydrogen (secondary N) is 1. The number of halogens is 2. The zero-order valence-electron chi connectivity index (χ0n) is 11.9. The molecule has 21 heavy (non-hydrogen) atoms. The number of hydrogen-bond acceptors (Lipinski definition) is 4. The predicted molar refractivity (Wildman–Crippen MR) is 84.9 cm³/mol. The summed E-state index contributed by atoms with van der Waals surface area (Å²) in [7, 11) is 1.81. The van der Waals surface area contributed by atoms with Crippen molar-refractivity contribution >= 4 is 30.7 Å². The standard InChI is InChI=1S/C14H19N3O2.2ClH/c1-17(9-10-4-2-3-6-15-10)14(18)13-8-11-12(19-13)5-7-16-11;;/h2-4,6,11-13,16H,5,7-9H2,1H3;2*1H/t11-,12-,13-;;/m1../s1. The Hall–Kier alpha value is -0.880. The molecular weight excluding hydrogens is 313 g/mol. The summed E-state index contributed by atoms with van der Waals surface area (Å²) in [6.07, 6.45) is 3.47. The average Bonchev–Trinajstić information content (AvgIpc) is 2.99. The maximum atomic E-state index is 12.3. The van der Waals surface area contributed by atoms with E-state index in [2.05, 4.69) is 10.3 Å². The molecule has 7 heteroatoms. The van der Waals surface area contributed by atoms with Crippen LogP contribution in [0.15, 0.2) is 24.4 Å². The zero-order valence-corrected chi connectivity index (χ0v) is 13.5. The quantitative estimate of drug-likeness (QED) is 0.908. The largest absolute Gasteiger partial charge is 0.363 e. The second-order valence-corrected chi connectivity index (χ2v) is 5.26. The summed E-state index contributed by atoms with van der Waals surface area (Å²) in [6, 6.07) is 6.09. The highest BCUT2D eigenvalue weighted by atomic mass is 35.5. The summed E-state index contributed by atoms with van der Waals surface area (Å²) in [5.74, 6) is 0.0573. The number of aromatic nitrogens is 1. The van der Waals surface area contributed by atoms with Gasteiger partial charge in [-0.05, 0) is 25.1 Å². The van der Waals surface area contributed by atoms with E-state index in [9.17, 15) is 4.79 Å². The molecule has 1 N–H and O–H groups in total. The lowest BCUT2D eigenvalue weighted by atomic mass is 10.1. The summed E-state index contributed by atoms with van der Waals surface area (Å²) >= 11 is 0. The van der Waals surface area contributed by atoms with Gasteiger partial charge in [-0.15, -0.1) is 24.8 Å². The van der Waals surface area contributed by atoms with Crippen LogP contribution in [0, 0.1) is 0 Å². The molecule has 2 fully saturated rings. The molecule has 0 bridgehead atoms. The van der Waals surface area contributed by atoms with Crippen LogP contribution >= 0.6 is 24.8 Å². The molecule has 2 aliphatic rings. The first-order chi connectivity index (χ1) is 9.24. The third kappa shape index (κ3) is 4.07. The fraction of sp³-hybridized carbons (Fsp3) is 0.571. The van der Waals surface area contributed by atoms with E-state index >= 15 is 0 Å². The van der Waals surface area contributed by atoms with Gasteiger partial charge in [-0.25, -0.2) is 0 Å². The number of rotatable bonds is 3. The Morgan fingerprint density at radius 3 is 2.95 bits per heavy atom. The number of nitrogens with zero attached hydrogens (tertiary/aromatic N) is 2. The van der Waals surface area contributed by atoms with Crippen molar-refractivity contribution in [3.05, 3.63) is 30.1 Å². The van der Waals surface area contributed by atoms with Crippen LogP contribution in [-0.4, -0.2) is 47.6 Å². The maximum absolute atomic E-state index is 12.3. The molecular formula is C14H21Cl2N3O2. The van der Waals surface area contributed by atoms with Crippen LogP contribution in [-0.2, 0) is 16.1 Å². The van der Waals surface area contributed by atoms with Crippen LogP contribution in [0.2, 0.25) is 0 Å². The highest BCUT2D eigenvalue weighted by molar-refractivity contribution is 5.85. The van der Waals surface area contributed by atoms with E-state index in [1.807, 2.05) is 25.2 Å². The Balaban J connectivity index is 0.00000110. The van der Waals surface area contributed by atoms with Gasteiger partial charge in [0.25, 0.3) is 5.91 Å². The molecule has 0 radical (unpaired) electrons. The second-order valence-electron chi connectivity index (χ2n) is 5.26. The highest BCUT2D eigenvalue weighted by Gasteiger charge is 2.42. The number of carbonyl (C=O) groups excluding carboxylic acids is 1. The van der Waals surface area contributed by atoms with Gasteiger partial charge in [0.15, 0.2) is 0 Å². The number of carbonyl (C=O) groups is 1. The first kappa shape index (κ1) is 18.2. The first-order valence-electron chi connectivity index (χ1n) is 6.78. The normalized spacial score (nSPS) is 26.4. The van der Waals surface area contributed by atoms with Crippen molar-refractivity contribution in [1.82, 2.24) is 15.2 Å². The van der Waals surface area contributed by atoms with Gasteiger partial charge in [-0.3, -0.25) is 9.78 Å². The maximum Gasteiger partial charge on any atom is 0.251 e. The number of pyridine rings is 1. The SMILES string of the molecule is CN(Cc1ccccn1)C(=O)[C@H]1C[C@H]2NCC[C@H]2O1.Cl.Cl. The lowest BCUT2D eigenvalue weighted by Gasteiger charge is -2.21. The van der Waals surface area contributed by atoms with Crippen molar-refractivity contribution in [2.24, 2.45) is 0 Å². The molecule has 0 unspecified atom stereocenters. The minimum absolute atomic E-state index is 0. The second kappa shape index (κ2) is 7.94. The minimum Gasteiger partial charge on any atom is -0.363 e. The number of fused-ring (bicyclic) bond motifs is 1. The van der Waals surface area contributed by atoms with Gasteiger partial charge in [0.1, 0.15) is 6.10 Å². The minimum atomic E-state index is -0.295. The van der Waals surface area contributed by atoms with Gasteiger partial charge in [0, 0.05) is 25.7 Å². The third-order valence-electron chi connectivity index (χ3n) is 3.87. The highest BCUT2D eigenvalue weighted by Crippen LogP contribution is 2.27. The van der Waals surface area contributed by atoms with Crippen molar-refractivity contribution in [1.29, 1.82) is 0 Å². The number of ether oxygens (including phenoxy) is 1. The van der Waals surface area contributed by atoms with Gasteiger partial charge in [-0.1, -0.05) is 6.07 Å². The van der Waals surface area contributed by atoms with Gasteiger partial charge in [0.05, 0.1) is 18.3 Å². The lowest BCUT2D eigenvalue weighted by molar-refractivity contribution is -0.142. The van der Waals surface area contributed by atoms with E-state index in [-0.39, 0.29) is 42.9 Å². The third-order valence-corrected chi connectivity index (χ3v) is 3.87. The Morgan fingerprint density at radius 2 is 2.29 bits per heavy atom. The molecule has 3 atom stereocenters. The molecule has 0 spiro atoms. The molecule has 2 aliphatic heterocycles. The fourth-order valence-corrected chi connectivity index (χ4v) is 2.86. The molecule has 0 aliphatic carbocycles. The van der Waals surface area contributed by atoms with Crippen molar-refractivity contribution in [3.8, 4) is 0 Å². The lowest BCUT2D eigenvalue weighted by Crippen LogP contribution is -2.37. The van der Waals surface area contributed by atoms with E-state index in [1.165, 1.54) is 0 Å². The summed E-state index contributed by atoms with van der Waals surface area (Å²) in [5, 5.41) is 3.38. The van der Waals surface area contributed by atoms with Gasteiger partial charge in [0.2, 0.25) is 0 Å². The van der Waals surface area contributed by atoms with Crippen LogP contribution in [0.5, 0.6) is 0 Å². The summed E-state index contributed by atoms with van der Waals surface area (Å²) in [6.45, 7) is 1.53.